The van der Waals surface area contributed by atoms with Crippen molar-refractivity contribution in [3.8, 4) is 0 Å². The zero-order chi connectivity index (χ0) is 19.5. The number of rotatable bonds is 5. The van der Waals surface area contributed by atoms with E-state index in [9.17, 15) is 9.59 Å². The molecule has 4 aromatic rings. The van der Waals surface area contributed by atoms with E-state index < -0.39 is 0 Å². The number of amides is 1. The predicted molar refractivity (Wildman–Crippen MR) is 109 cm³/mol. The normalized spacial score (nSPS) is 10.9. The van der Waals surface area contributed by atoms with Crippen LogP contribution in [0.25, 0.3) is 10.3 Å². The lowest BCUT2D eigenvalue weighted by Gasteiger charge is -2.06. The van der Waals surface area contributed by atoms with E-state index in [1.165, 1.54) is 11.3 Å². The number of hydrogen-bond acceptors (Lipinski definition) is 6. The number of fused-ring (bicyclic) bond motifs is 1. The van der Waals surface area contributed by atoms with Gasteiger partial charge < -0.3 is 9.73 Å². The van der Waals surface area contributed by atoms with E-state index in [-0.39, 0.29) is 11.5 Å². The maximum absolute atomic E-state index is 12.2. The molecule has 1 N–H and O–H groups in total. The van der Waals surface area contributed by atoms with Crippen molar-refractivity contribution in [1.82, 2.24) is 9.97 Å². The molecule has 3 heterocycles. The Labute approximate surface area is 164 Å². The highest BCUT2D eigenvalue weighted by Crippen LogP contribution is 2.23. The molecule has 0 aliphatic rings. The number of nitrogens with one attached hydrogen (secondary N) is 1. The van der Waals surface area contributed by atoms with Crippen LogP contribution in [0.2, 0.25) is 0 Å². The number of thiophene rings is 1. The van der Waals surface area contributed by atoms with Crippen molar-refractivity contribution in [1.29, 1.82) is 0 Å². The number of nitrogens with zero attached hydrogens (tertiary/aromatic N) is 2. The SMILES string of the molecule is Cc1csc2oc(CCc3ccc(NC(=O)c4ccncc4)cc3)nc(=O)c12. The van der Waals surface area contributed by atoms with Gasteiger partial charge in [0.2, 0.25) is 0 Å². The predicted octanol–water partition coefficient (Wildman–Crippen LogP) is 3.99. The van der Waals surface area contributed by atoms with Crippen LogP contribution in [0.1, 0.15) is 27.4 Å². The van der Waals surface area contributed by atoms with E-state index >= 15 is 0 Å². The first-order valence-corrected chi connectivity index (χ1v) is 9.66. The third-order valence-corrected chi connectivity index (χ3v) is 5.35. The average molecular weight is 391 g/mol. The Morgan fingerprint density at radius 2 is 1.86 bits per heavy atom. The molecule has 0 unspecified atom stereocenters. The zero-order valence-electron chi connectivity index (χ0n) is 15.1. The van der Waals surface area contributed by atoms with Gasteiger partial charge in [-0.25, -0.2) is 0 Å². The Bertz CT molecular complexity index is 1180. The van der Waals surface area contributed by atoms with Crippen molar-refractivity contribution in [2.45, 2.75) is 19.8 Å². The third-order valence-electron chi connectivity index (χ3n) is 4.37. The molecule has 4 rings (SSSR count). The molecule has 0 spiro atoms. The van der Waals surface area contributed by atoms with Crippen molar-refractivity contribution in [3.05, 3.63) is 87.1 Å². The van der Waals surface area contributed by atoms with E-state index in [4.69, 9.17) is 4.42 Å². The van der Waals surface area contributed by atoms with E-state index in [0.29, 0.717) is 40.3 Å². The molecule has 0 saturated heterocycles. The molecule has 0 fully saturated rings. The summed E-state index contributed by atoms with van der Waals surface area (Å²) in [6.07, 6.45) is 4.38. The molecule has 0 aliphatic carbocycles. The summed E-state index contributed by atoms with van der Waals surface area (Å²) in [6, 6.07) is 10.9. The van der Waals surface area contributed by atoms with Crippen molar-refractivity contribution in [2.24, 2.45) is 0 Å². The average Bonchev–Trinajstić information content (AvgIpc) is 3.09. The minimum absolute atomic E-state index is 0.180. The molecule has 3 aromatic heterocycles. The summed E-state index contributed by atoms with van der Waals surface area (Å²) in [5, 5.41) is 5.33. The summed E-state index contributed by atoms with van der Waals surface area (Å²) in [6.45, 7) is 1.88. The monoisotopic (exact) mass is 391 g/mol. The second-order valence-electron chi connectivity index (χ2n) is 6.38. The summed E-state index contributed by atoms with van der Waals surface area (Å²) in [5.41, 5.74) is 3.00. The van der Waals surface area contributed by atoms with Crippen LogP contribution in [-0.2, 0) is 12.8 Å². The van der Waals surface area contributed by atoms with Crippen molar-refractivity contribution >= 4 is 33.2 Å². The maximum Gasteiger partial charge on any atom is 0.284 e. The molecular weight excluding hydrogens is 374 g/mol. The first kappa shape index (κ1) is 18.1. The molecular formula is C21H17N3O3S. The van der Waals surface area contributed by atoms with Gasteiger partial charge in [0.05, 0.1) is 5.39 Å². The lowest BCUT2D eigenvalue weighted by molar-refractivity contribution is 0.102. The first-order valence-electron chi connectivity index (χ1n) is 8.78. The quantitative estimate of drug-likeness (QED) is 0.556. The standard InChI is InChI=1S/C21H17N3O3S/c1-13-12-28-21-18(13)20(26)24-17(27-21)7-4-14-2-5-16(6-3-14)23-19(25)15-8-10-22-11-9-15/h2-3,5-6,8-12H,4,7H2,1H3,(H,23,25). The Kier molecular flexibility index (Phi) is 4.99. The molecule has 0 bridgehead atoms. The Morgan fingerprint density at radius 1 is 1.11 bits per heavy atom. The number of aryl methyl sites for hydroxylation is 3. The topological polar surface area (TPSA) is 85.1 Å². The molecule has 0 saturated carbocycles. The van der Waals surface area contributed by atoms with Crippen LogP contribution in [0.15, 0.2) is 63.4 Å². The fourth-order valence-electron chi connectivity index (χ4n) is 2.87. The van der Waals surface area contributed by atoms with Gasteiger partial charge in [-0.2, -0.15) is 4.98 Å². The smallest absolute Gasteiger partial charge is 0.284 e. The minimum atomic E-state index is -0.232. The summed E-state index contributed by atoms with van der Waals surface area (Å²) >= 11 is 1.42. The summed E-state index contributed by atoms with van der Waals surface area (Å²) in [7, 11) is 0. The van der Waals surface area contributed by atoms with Crippen LogP contribution in [0.4, 0.5) is 5.69 Å². The van der Waals surface area contributed by atoms with Crippen LogP contribution in [0, 0.1) is 6.92 Å². The molecule has 1 amide bonds. The number of carbonyl (C=O) groups is 1. The van der Waals surface area contributed by atoms with Crippen LogP contribution in [0.3, 0.4) is 0 Å². The van der Waals surface area contributed by atoms with Gasteiger partial charge in [-0.15, -0.1) is 11.3 Å². The summed E-state index contributed by atoms with van der Waals surface area (Å²) < 4.78 is 5.76. The first-order chi connectivity index (χ1) is 13.6. The lowest BCUT2D eigenvalue weighted by atomic mass is 10.1. The van der Waals surface area contributed by atoms with E-state index in [0.717, 1.165) is 11.1 Å². The second-order valence-corrected chi connectivity index (χ2v) is 7.22. The lowest BCUT2D eigenvalue weighted by Crippen LogP contribution is -2.11. The van der Waals surface area contributed by atoms with Gasteiger partial charge in [0.25, 0.3) is 11.5 Å². The molecule has 6 nitrogen and oxygen atoms in total. The van der Waals surface area contributed by atoms with Crippen molar-refractivity contribution in [2.75, 3.05) is 5.32 Å². The van der Waals surface area contributed by atoms with Crippen molar-refractivity contribution in [3.63, 3.8) is 0 Å². The molecule has 0 aliphatic heterocycles. The van der Waals surface area contributed by atoms with Gasteiger partial charge in [-0.05, 0) is 54.1 Å². The fraction of sp³-hybridized carbons (Fsp3) is 0.143. The van der Waals surface area contributed by atoms with Gasteiger partial charge in [0, 0.05) is 30.1 Å². The van der Waals surface area contributed by atoms with E-state index in [2.05, 4.69) is 15.3 Å². The highest BCUT2D eigenvalue weighted by Gasteiger charge is 2.11. The molecule has 1 aromatic carbocycles. The highest BCUT2D eigenvalue weighted by atomic mass is 32.1. The van der Waals surface area contributed by atoms with Crippen LogP contribution in [0.5, 0.6) is 0 Å². The van der Waals surface area contributed by atoms with E-state index in [1.807, 2.05) is 36.6 Å². The Morgan fingerprint density at radius 3 is 2.61 bits per heavy atom. The fourth-order valence-corrected chi connectivity index (χ4v) is 3.78. The Balaban J connectivity index is 1.41. The van der Waals surface area contributed by atoms with Gasteiger partial charge in [0.15, 0.2) is 10.8 Å². The highest BCUT2D eigenvalue weighted by molar-refractivity contribution is 7.16. The number of aromatic nitrogens is 2. The largest absolute Gasteiger partial charge is 0.431 e. The molecule has 7 heteroatoms. The van der Waals surface area contributed by atoms with E-state index in [1.54, 1.807) is 24.5 Å². The van der Waals surface area contributed by atoms with Gasteiger partial charge >= 0.3 is 0 Å². The Hall–Kier alpha value is -3.32. The number of anilines is 1. The summed E-state index contributed by atoms with van der Waals surface area (Å²) in [4.78, 5) is 32.9. The van der Waals surface area contributed by atoms with Crippen molar-refractivity contribution < 1.29 is 9.21 Å². The molecule has 140 valence electrons. The number of benzene rings is 1. The van der Waals surface area contributed by atoms with Gasteiger partial charge in [0.1, 0.15) is 0 Å². The van der Waals surface area contributed by atoms with Crippen LogP contribution < -0.4 is 10.9 Å². The summed E-state index contributed by atoms with van der Waals surface area (Å²) in [5.74, 6) is 0.259. The van der Waals surface area contributed by atoms with Gasteiger partial charge in [-0.1, -0.05) is 12.1 Å². The van der Waals surface area contributed by atoms with Crippen LogP contribution >= 0.6 is 11.3 Å². The number of carbonyl (C=O) groups excluding carboxylic acids is 1. The van der Waals surface area contributed by atoms with Gasteiger partial charge in [-0.3, -0.25) is 14.6 Å². The maximum atomic E-state index is 12.2. The molecule has 0 radical (unpaired) electrons. The third kappa shape index (κ3) is 3.84. The second kappa shape index (κ2) is 7.74. The minimum Gasteiger partial charge on any atom is -0.431 e. The van der Waals surface area contributed by atoms with Crippen LogP contribution in [-0.4, -0.2) is 15.9 Å². The number of hydrogen-bond donors (Lipinski definition) is 1. The molecule has 28 heavy (non-hydrogen) atoms. The zero-order valence-corrected chi connectivity index (χ0v) is 16.0. The number of pyridine rings is 1. The molecule has 0 atom stereocenters.